The molecule has 0 fully saturated rings. The fraction of sp³-hybridized carbons (Fsp3) is 0.700. The van der Waals surface area contributed by atoms with Gasteiger partial charge < -0.3 is 5.32 Å². The maximum Gasteiger partial charge on any atom is -0.00258 e. The molecule has 1 rings (SSSR count). The van der Waals surface area contributed by atoms with Crippen molar-refractivity contribution in [2.45, 2.75) is 67.7 Å². The minimum atomic E-state index is 0.410. The van der Waals surface area contributed by atoms with Crippen LogP contribution in [0.3, 0.4) is 0 Å². The van der Waals surface area contributed by atoms with Crippen LogP contribution < -0.4 is 5.32 Å². The van der Waals surface area contributed by atoms with Crippen molar-refractivity contribution in [2.75, 3.05) is 13.1 Å². The van der Waals surface area contributed by atoms with E-state index < -0.39 is 0 Å². The van der Waals surface area contributed by atoms with Crippen LogP contribution in [0.15, 0.2) is 12.1 Å². The molecule has 1 aromatic rings. The zero-order valence-corrected chi connectivity index (χ0v) is 15.3. The molecule has 1 heteroatoms. The Bertz CT molecular complexity index is 420. The number of rotatable bonds is 8. The standard InChI is InChI=1S/C20H35N/c1-15(2)14-21-11-10-20(6,7)9-8-19-17(4)12-16(3)13-18(19)5/h12-13,15,21H,8-11,14H2,1-7H3. The van der Waals surface area contributed by atoms with Crippen molar-refractivity contribution >= 4 is 0 Å². The maximum absolute atomic E-state index is 3.57. The van der Waals surface area contributed by atoms with Gasteiger partial charge >= 0.3 is 0 Å². The molecule has 0 aliphatic rings. The molecule has 1 nitrogen and oxygen atoms in total. The molecule has 0 aliphatic heterocycles. The van der Waals surface area contributed by atoms with E-state index in [1.807, 2.05) is 0 Å². The van der Waals surface area contributed by atoms with Gasteiger partial charge in [-0.25, -0.2) is 0 Å². The largest absolute Gasteiger partial charge is 0.316 e. The molecule has 0 amide bonds. The Morgan fingerprint density at radius 1 is 1.00 bits per heavy atom. The van der Waals surface area contributed by atoms with E-state index in [0.717, 1.165) is 19.0 Å². The lowest BCUT2D eigenvalue weighted by atomic mass is 9.81. The summed E-state index contributed by atoms with van der Waals surface area (Å²) in [6.45, 7) is 18.3. The lowest BCUT2D eigenvalue weighted by Crippen LogP contribution is -2.26. The van der Waals surface area contributed by atoms with Gasteiger partial charge in [-0.3, -0.25) is 0 Å². The minimum Gasteiger partial charge on any atom is -0.316 e. The number of nitrogens with one attached hydrogen (secondary N) is 1. The molecule has 0 saturated carbocycles. The molecule has 1 N–H and O–H groups in total. The molecule has 1 aromatic carbocycles. The van der Waals surface area contributed by atoms with Crippen molar-refractivity contribution in [3.8, 4) is 0 Å². The van der Waals surface area contributed by atoms with Crippen molar-refractivity contribution in [2.24, 2.45) is 11.3 Å². The summed E-state index contributed by atoms with van der Waals surface area (Å²) in [4.78, 5) is 0. The van der Waals surface area contributed by atoms with Crippen molar-refractivity contribution in [3.63, 3.8) is 0 Å². The van der Waals surface area contributed by atoms with E-state index in [4.69, 9.17) is 0 Å². The van der Waals surface area contributed by atoms with Crippen LogP contribution in [0.1, 0.15) is 62.8 Å². The summed E-state index contributed by atoms with van der Waals surface area (Å²) in [5.41, 5.74) is 6.27. The SMILES string of the molecule is Cc1cc(C)c(CCC(C)(C)CCNCC(C)C)c(C)c1. The van der Waals surface area contributed by atoms with Crippen molar-refractivity contribution in [1.82, 2.24) is 5.32 Å². The van der Waals surface area contributed by atoms with Crippen molar-refractivity contribution < 1.29 is 0 Å². The molecular formula is C20H35N. The third kappa shape index (κ3) is 6.65. The van der Waals surface area contributed by atoms with Crippen LogP contribution in [-0.4, -0.2) is 13.1 Å². The van der Waals surface area contributed by atoms with Gasteiger partial charge in [-0.2, -0.15) is 0 Å². The van der Waals surface area contributed by atoms with Crippen molar-refractivity contribution in [3.05, 3.63) is 34.4 Å². The lowest BCUT2D eigenvalue weighted by Gasteiger charge is -2.26. The summed E-state index contributed by atoms with van der Waals surface area (Å²) in [5, 5.41) is 3.57. The predicted molar refractivity (Wildman–Crippen MR) is 95.1 cm³/mol. The first-order valence-corrected chi connectivity index (χ1v) is 8.49. The molecule has 0 saturated heterocycles. The number of aryl methyl sites for hydroxylation is 3. The molecule has 0 bridgehead atoms. The topological polar surface area (TPSA) is 12.0 Å². The second-order valence-corrected chi connectivity index (χ2v) is 7.89. The van der Waals surface area contributed by atoms with Gasteiger partial charge in [0.1, 0.15) is 0 Å². The molecule has 0 atom stereocenters. The Labute approximate surface area is 132 Å². The smallest absolute Gasteiger partial charge is 0.00258 e. The molecule has 120 valence electrons. The number of hydrogen-bond donors (Lipinski definition) is 1. The summed E-state index contributed by atoms with van der Waals surface area (Å²) < 4.78 is 0. The molecular weight excluding hydrogens is 254 g/mol. The van der Waals surface area contributed by atoms with E-state index in [9.17, 15) is 0 Å². The van der Waals surface area contributed by atoms with E-state index in [-0.39, 0.29) is 0 Å². The predicted octanol–water partition coefficient (Wildman–Crippen LogP) is 5.21. The molecule has 0 aromatic heterocycles. The Morgan fingerprint density at radius 2 is 1.57 bits per heavy atom. The van der Waals surface area contributed by atoms with E-state index >= 15 is 0 Å². The van der Waals surface area contributed by atoms with Crippen LogP contribution in [0.4, 0.5) is 0 Å². The highest BCUT2D eigenvalue weighted by Gasteiger charge is 2.18. The van der Waals surface area contributed by atoms with Gasteiger partial charge in [-0.15, -0.1) is 0 Å². The lowest BCUT2D eigenvalue weighted by molar-refractivity contribution is 0.299. The first-order valence-electron chi connectivity index (χ1n) is 8.49. The molecule has 0 spiro atoms. The summed E-state index contributed by atoms with van der Waals surface area (Å²) in [6.07, 6.45) is 3.72. The van der Waals surface area contributed by atoms with Gasteiger partial charge in [0.25, 0.3) is 0 Å². The van der Waals surface area contributed by atoms with Crippen LogP contribution >= 0.6 is 0 Å². The first-order chi connectivity index (χ1) is 9.71. The summed E-state index contributed by atoms with van der Waals surface area (Å²) in [5.74, 6) is 0.742. The van der Waals surface area contributed by atoms with Gasteiger partial charge in [0, 0.05) is 0 Å². The minimum absolute atomic E-state index is 0.410. The van der Waals surface area contributed by atoms with Gasteiger partial charge in [0.2, 0.25) is 0 Å². The monoisotopic (exact) mass is 289 g/mol. The Morgan fingerprint density at radius 3 is 2.10 bits per heavy atom. The van der Waals surface area contributed by atoms with Crippen LogP contribution in [-0.2, 0) is 6.42 Å². The van der Waals surface area contributed by atoms with E-state index in [0.29, 0.717) is 5.41 Å². The Kier molecular flexibility index (Phi) is 6.93. The van der Waals surface area contributed by atoms with E-state index in [1.54, 1.807) is 5.56 Å². The average molecular weight is 290 g/mol. The second kappa shape index (κ2) is 7.98. The first kappa shape index (κ1) is 18.2. The van der Waals surface area contributed by atoms with Gasteiger partial charge in [0.05, 0.1) is 0 Å². The molecule has 0 radical (unpaired) electrons. The van der Waals surface area contributed by atoms with Gasteiger partial charge in [-0.1, -0.05) is 45.4 Å². The summed E-state index contributed by atoms with van der Waals surface area (Å²) in [7, 11) is 0. The zero-order valence-electron chi connectivity index (χ0n) is 15.3. The highest BCUT2D eigenvalue weighted by molar-refractivity contribution is 5.37. The third-order valence-electron chi connectivity index (χ3n) is 4.42. The fourth-order valence-corrected chi connectivity index (χ4v) is 3.01. The van der Waals surface area contributed by atoms with Crippen LogP contribution in [0.2, 0.25) is 0 Å². The number of hydrogen-bond acceptors (Lipinski definition) is 1. The highest BCUT2D eigenvalue weighted by Crippen LogP contribution is 2.28. The average Bonchev–Trinajstić information content (AvgIpc) is 2.33. The fourth-order valence-electron chi connectivity index (χ4n) is 3.01. The molecule has 0 aliphatic carbocycles. The highest BCUT2D eigenvalue weighted by atomic mass is 14.8. The van der Waals surface area contributed by atoms with Crippen LogP contribution in [0.5, 0.6) is 0 Å². The summed E-state index contributed by atoms with van der Waals surface area (Å²) >= 11 is 0. The van der Waals surface area contributed by atoms with Crippen LogP contribution in [0.25, 0.3) is 0 Å². The van der Waals surface area contributed by atoms with Crippen molar-refractivity contribution in [1.29, 1.82) is 0 Å². The zero-order chi connectivity index (χ0) is 16.0. The van der Waals surface area contributed by atoms with Gasteiger partial charge in [-0.05, 0) is 81.1 Å². The second-order valence-electron chi connectivity index (χ2n) is 7.89. The summed E-state index contributed by atoms with van der Waals surface area (Å²) in [6, 6.07) is 4.64. The normalized spacial score (nSPS) is 12.2. The van der Waals surface area contributed by atoms with E-state index in [2.05, 4.69) is 65.9 Å². The van der Waals surface area contributed by atoms with E-state index in [1.165, 1.54) is 36.0 Å². The third-order valence-corrected chi connectivity index (χ3v) is 4.42. The van der Waals surface area contributed by atoms with Gasteiger partial charge in [0.15, 0.2) is 0 Å². The molecule has 0 unspecified atom stereocenters. The maximum atomic E-state index is 3.57. The Balaban J connectivity index is 2.49. The molecule has 0 heterocycles. The quantitative estimate of drug-likeness (QED) is 0.648. The number of benzene rings is 1. The Hall–Kier alpha value is -0.820. The van der Waals surface area contributed by atoms with Crippen LogP contribution in [0, 0.1) is 32.1 Å². The molecule has 21 heavy (non-hydrogen) atoms.